The van der Waals surface area contributed by atoms with Crippen molar-refractivity contribution in [2.45, 2.75) is 25.3 Å². The zero-order chi connectivity index (χ0) is 12.7. The Balaban J connectivity index is 2.83. The topological polar surface area (TPSA) is 38.3 Å². The molecule has 0 amide bonds. The lowest BCUT2D eigenvalue weighted by Crippen LogP contribution is -2.44. The van der Waals surface area contributed by atoms with E-state index in [-0.39, 0.29) is 5.97 Å². The summed E-state index contributed by atoms with van der Waals surface area (Å²) in [7, 11) is 1.40. The molecule has 0 radical (unpaired) electrons. The number of methoxy groups -OCH3 is 1. The summed E-state index contributed by atoms with van der Waals surface area (Å²) >= 11 is 0. The van der Waals surface area contributed by atoms with Crippen LogP contribution in [0.15, 0.2) is 43.0 Å². The highest BCUT2D eigenvalue weighted by atomic mass is 16.5. The van der Waals surface area contributed by atoms with E-state index in [1.807, 2.05) is 37.3 Å². The summed E-state index contributed by atoms with van der Waals surface area (Å²) in [5.74, 6) is -0.261. The Kier molecular flexibility index (Phi) is 4.76. The maximum absolute atomic E-state index is 11.8. The van der Waals surface area contributed by atoms with Crippen LogP contribution in [0.4, 0.5) is 5.69 Å². The zero-order valence-corrected chi connectivity index (χ0v) is 10.4. The molecule has 1 rings (SSSR count). The highest BCUT2D eigenvalue weighted by molar-refractivity contribution is 5.83. The minimum atomic E-state index is -0.718. The Morgan fingerprint density at radius 2 is 2.12 bits per heavy atom. The predicted molar refractivity (Wildman–Crippen MR) is 69.9 cm³/mol. The number of para-hydroxylation sites is 1. The van der Waals surface area contributed by atoms with Gasteiger partial charge in [-0.25, -0.2) is 4.79 Å². The Bertz CT molecular complexity index is 375. The second-order valence-electron chi connectivity index (χ2n) is 4.14. The lowest BCUT2D eigenvalue weighted by Gasteiger charge is -2.28. The van der Waals surface area contributed by atoms with Gasteiger partial charge in [0.2, 0.25) is 0 Å². The molecule has 3 nitrogen and oxygen atoms in total. The van der Waals surface area contributed by atoms with E-state index in [0.29, 0.717) is 6.42 Å². The molecule has 0 saturated heterocycles. The largest absolute Gasteiger partial charge is 0.467 e. The fraction of sp³-hybridized carbons (Fsp3) is 0.357. The first-order valence-electron chi connectivity index (χ1n) is 5.65. The van der Waals surface area contributed by atoms with Crippen LogP contribution in [-0.2, 0) is 9.53 Å². The molecule has 1 aromatic carbocycles. The maximum Gasteiger partial charge on any atom is 0.331 e. The van der Waals surface area contributed by atoms with Gasteiger partial charge in [-0.2, -0.15) is 0 Å². The molecule has 0 aliphatic rings. The monoisotopic (exact) mass is 233 g/mol. The van der Waals surface area contributed by atoms with E-state index in [9.17, 15) is 4.79 Å². The van der Waals surface area contributed by atoms with Gasteiger partial charge in [0, 0.05) is 5.69 Å². The molecule has 0 saturated carbocycles. The maximum atomic E-state index is 11.8. The summed E-state index contributed by atoms with van der Waals surface area (Å²) in [6, 6.07) is 9.63. The Hall–Kier alpha value is -1.77. The fourth-order valence-corrected chi connectivity index (χ4v) is 1.67. The molecular formula is C14H19NO2. The van der Waals surface area contributed by atoms with Gasteiger partial charge in [-0.1, -0.05) is 24.3 Å². The number of allylic oxidation sites excluding steroid dienone is 1. The van der Waals surface area contributed by atoms with Crippen LogP contribution in [0.5, 0.6) is 0 Å². The molecule has 1 atom stereocenters. The van der Waals surface area contributed by atoms with Crippen molar-refractivity contribution >= 4 is 11.7 Å². The number of ether oxygens (including phenoxy) is 1. The first kappa shape index (κ1) is 13.3. The Morgan fingerprint density at radius 3 is 2.65 bits per heavy atom. The number of hydrogen-bond acceptors (Lipinski definition) is 3. The van der Waals surface area contributed by atoms with E-state index in [2.05, 4.69) is 11.9 Å². The molecule has 0 aliphatic carbocycles. The second kappa shape index (κ2) is 6.09. The van der Waals surface area contributed by atoms with Gasteiger partial charge in [0.05, 0.1) is 7.11 Å². The first-order chi connectivity index (χ1) is 8.12. The molecule has 0 aliphatic heterocycles. The minimum absolute atomic E-state index is 0.261. The van der Waals surface area contributed by atoms with E-state index >= 15 is 0 Å². The van der Waals surface area contributed by atoms with E-state index in [1.165, 1.54) is 7.11 Å². The average Bonchev–Trinajstić information content (AvgIpc) is 2.36. The number of hydrogen-bond donors (Lipinski definition) is 1. The average molecular weight is 233 g/mol. The van der Waals surface area contributed by atoms with Gasteiger partial charge in [-0.3, -0.25) is 0 Å². The number of rotatable bonds is 6. The summed E-state index contributed by atoms with van der Waals surface area (Å²) in [6.45, 7) is 5.52. The van der Waals surface area contributed by atoms with Crippen LogP contribution >= 0.6 is 0 Å². The third kappa shape index (κ3) is 3.63. The summed E-state index contributed by atoms with van der Waals surface area (Å²) in [4.78, 5) is 11.8. The molecular weight excluding hydrogens is 214 g/mol. The quantitative estimate of drug-likeness (QED) is 0.606. The van der Waals surface area contributed by atoms with Crippen LogP contribution in [0.2, 0.25) is 0 Å². The number of carbonyl (C=O) groups excluding carboxylic acids is 1. The molecule has 0 aromatic heterocycles. The first-order valence-corrected chi connectivity index (χ1v) is 5.65. The standard InChI is InChI=1S/C14H19NO2/c1-4-5-11-14(2,13(16)17-3)15-12-9-7-6-8-10-12/h4,6-10,15H,1,5,11H2,2-3H3. The van der Waals surface area contributed by atoms with Crippen LogP contribution in [0, 0.1) is 0 Å². The number of esters is 1. The lowest BCUT2D eigenvalue weighted by molar-refractivity contribution is -0.145. The molecule has 1 aromatic rings. The van der Waals surface area contributed by atoms with Gasteiger partial charge in [0.25, 0.3) is 0 Å². The van der Waals surface area contributed by atoms with Crippen LogP contribution in [0.3, 0.4) is 0 Å². The van der Waals surface area contributed by atoms with E-state index in [0.717, 1.165) is 12.1 Å². The van der Waals surface area contributed by atoms with Gasteiger partial charge in [-0.05, 0) is 31.9 Å². The minimum Gasteiger partial charge on any atom is -0.467 e. The third-order valence-electron chi connectivity index (χ3n) is 2.68. The van der Waals surface area contributed by atoms with Crippen molar-refractivity contribution in [2.24, 2.45) is 0 Å². The molecule has 0 bridgehead atoms. The highest BCUT2D eigenvalue weighted by Crippen LogP contribution is 2.21. The van der Waals surface area contributed by atoms with Crippen molar-refractivity contribution in [3.05, 3.63) is 43.0 Å². The van der Waals surface area contributed by atoms with Crippen molar-refractivity contribution in [1.82, 2.24) is 0 Å². The van der Waals surface area contributed by atoms with Crippen molar-refractivity contribution in [3.8, 4) is 0 Å². The lowest BCUT2D eigenvalue weighted by atomic mass is 9.95. The van der Waals surface area contributed by atoms with Gasteiger partial charge in [0.15, 0.2) is 0 Å². The van der Waals surface area contributed by atoms with E-state index < -0.39 is 5.54 Å². The molecule has 92 valence electrons. The van der Waals surface area contributed by atoms with Gasteiger partial charge >= 0.3 is 5.97 Å². The Labute approximate surface area is 102 Å². The van der Waals surface area contributed by atoms with Crippen LogP contribution < -0.4 is 5.32 Å². The molecule has 0 heterocycles. The van der Waals surface area contributed by atoms with E-state index in [4.69, 9.17) is 4.74 Å². The smallest absolute Gasteiger partial charge is 0.331 e. The summed E-state index contributed by atoms with van der Waals surface area (Å²) < 4.78 is 4.85. The second-order valence-corrected chi connectivity index (χ2v) is 4.14. The molecule has 0 spiro atoms. The highest BCUT2D eigenvalue weighted by Gasteiger charge is 2.33. The van der Waals surface area contributed by atoms with Crippen molar-refractivity contribution in [3.63, 3.8) is 0 Å². The van der Waals surface area contributed by atoms with Crippen LogP contribution in [0.25, 0.3) is 0 Å². The number of benzene rings is 1. The fourth-order valence-electron chi connectivity index (χ4n) is 1.67. The summed E-state index contributed by atoms with van der Waals surface area (Å²) in [5, 5.41) is 3.22. The molecule has 1 unspecified atom stereocenters. The van der Waals surface area contributed by atoms with Gasteiger partial charge in [0.1, 0.15) is 5.54 Å². The summed E-state index contributed by atoms with van der Waals surface area (Å²) in [5.41, 5.74) is 0.189. The molecule has 0 fully saturated rings. The van der Waals surface area contributed by atoms with Crippen molar-refractivity contribution < 1.29 is 9.53 Å². The molecule has 17 heavy (non-hydrogen) atoms. The molecule has 3 heteroatoms. The number of anilines is 1. The SMILES string of the molecule is C=CCCC(C)(Nc1ccccc1)C(=O)OC. The number of carbonyl (C=O) groups is 1. The van der Waals surface area contributed by atoms with Crippen molar-refractivity contribution in [2.75, 3.05) is 12.4 Å². The van der Waals surface area contributed by atoms with Crippen LogP contribution in [-0.4, -0.2) is 18.6 Å². The number of nitrogens with one attached hydrogen (secondary N) is 1. The Morgan fingerprint density at radius 1 is 1.47 bits per heavy atom. The van der Waals surface area contributed by atoms with Gasteiger partial charge in [-0.15, -0.1) is 6.58 Å². The van der Waals surface area contributed by atoms with Crippen molar-refractivity contribution in [1.29, 1.82) is 0 Å². The van der Waals surface area contributed by atoms with Crippen LogP contribution in [0.1, 0.15) is 19.8 Å². The normalized spacial score (nSPS) is 13.5. The predicted octanol–water partition coefficient (Wildman–Crippen LogP) is 3.00. The van der Waals surface area contributed by atoms with Gasteiger partial charge < -0.3 is 10.1 Å². The zero-order valence-electron chi connectivity index (χ0n) is 10.4. The molecule has 1 N–H and O–H groups in total. The van der Waals surface area contributed by atoms with E-state index in [1.54, 1.807) is 6.08 Å². The third-order valence-corrected chi connectivity index (χ3v) is 2.68. The summed E-state index contributed by atoms with van der Waals surface area (Å²) in [6.07, 6.45) is 3.21.